The molecule has 2 heterocycles. The SMILES string of the molecule is CCc1ccc(-c2csc(NC(=O)c3cccnc3SC)n2)cc1. The highest BCUT2D eigenvalue weighted by Crippen LogP contribution is 2.26. The van der Waals surface area contributed by atoms with Crippen molar-refractivity contribution in [3.8, 4) is 11.3 Å². The first kappa shape index (κ1) is 16.7. The number of carbonyl (C=O) groups is 1. The summed E-state index contributed by atoms with van der Waals surface area (Å²) in [5.41, 5.74) is 3.78. The van der Waals surface area contributed by atoms with Crippen molar-refractivity contribution in [1.82, 2.24) is 9.97 Å². The molecule has 3 aromatic rings. The minimum atomic E-state index is -0.185. The lowest BCUT2D eigenvalue weighted by molar-refractivity contribution is 0.102. The van der Waals surface area contributed by atoms with Crippen LogP contribution in [0.3, 0.4) is 0 Å². The summed E-state index contributed by atoms with van der Waals surface area (Å²) in [4.78, 5) is 21.2. The number of anilines is 1. The molecule has 0 saturated carbocycles. The molecular formula is C18H17N3OS2. The molecule has 0 spiro atoms. The fraction of sp³-hybridized carbons (Fsp3) is 0.167. The highest BCUT2D eigenvalue weighted by Gasteiger charge is 2.14. The number of hydrogen-bond acceptors (Lipinski definition) is 5. The lowest BCUT2D eigenvalue weighted by atomic mass is 10.1. The molecule has 122 valence electrons. The zero-order valence-corrected chi connectivity index (χ0v) is 15.1. The monoisotopic (exact) mass is 355 g/mol. The summed E-state index contributed by atoms with van der Waals surface area (Å²) in [6, 6.07) is 11.9. The van der Waals surface area contributed by atoms with E-state index in [9.17, 15) is 4.79 Å². The van der Waals surface area contributed by atoms with Crippen molar-refractivity contribution in [2.75, 3.05) is 11.6 Å². The number of aryl methyl sites for hydroxylation is 1. The number of nitrogens with zero attached hydrogens (tertiary/aromatic N) is 2. The van der Waals surface area contributed by atoms with Gasteiger partial charge in [-0.05, 0) is 30.4 Å². The van der Waals surface area contributed by atoms with Crippen molar-refractivity contribution < 1.29 is 4.79 Å². The third-order valence-electron chi connectivity index (χ3n) is 3.59. The molecule has 6 heteroatoms. The van der Waals surface area contributed by atoms with Crippen LogP contribution in [0.1, 0.15) is 22.8 Å². The van der Waals surface area contributed by atoms with E-state index in [1.807, 2.05) is 11.6 Å². The first-order valence-corrected chi connectivity index (χ1v) is 9.67. The summed E-state index contributed by atoms with van der Waals surface area (Å²) >= 11 is 2.87. The second kappa shape index (κ2) is 7.59. The van der Waals surface area contributed by atoms with Crippen LogP contribution in [0.15, 0.2) is 53.0 Å². The number of benzene rings is 1. The van der Waals surface area contributed by atoms with Gasteiger partial charge in [0.25, 0.3) is 5.91 Å². The molecule has 1 amide bonds. The van der Waals surface area contributed by atoms with Gasteiger partial charge in [0.15, 0.2) is 5.13 Å². The molecule has 4 nitrogen and oxygen atoms in total. The smallest absolute Gasteiger partial charge is 0.260 e. The Morgan fingerprint density at radius 1 is 1.25 bits per heavy atom. The number of thiazole rings is 1. The van der Waals surface area contributed by atoms with Crippen LogP contribution in [0.25, 0.3) is 11.3 Å². The topological polar surface area (TPSA) is 54.9 Å². The number of hydrogen-bond donors (Lipinski definition) is 1. The second-order valence-corrected chi connectivity index (χ2v) is 6.76. The van der Waals surface area contributed by atoms with Gasteiger partial charge in [-0.2, -0.15) is 0 Å². The number of amides is 1. The van der Waals surface area contributed by atoms with Crippen LogP contribution in [-0.4, -0.2) is 22.1 Å². The largest absolute Gasteiger partial charge is 0.298 e. The lowest BCUT2D eigenvalue weighted by Crippen LogP contribution is -2.13. The van der Waals surface area contributed by atoms with E-state index in [4.69, 9.17) is 0 Å². The van der Waals surface area contributed by atoms with Crippen LogP contribution in [0.5, 0.6) is 0 Å². The van der Waals surface area contributed by atoms with E-state index >= 15 is 0 Å². The molecule has 2 aromatic heterocycles. The van der Waals surface area contributed by atoms with Crippen LogP contribution in [-0.2, 0) is 6.42 Å². The van der Waals surface area contributed by atoms with E-state index in [-0.39, 0.29) is 5.91 Å². The van der Waals surface area contributed by atoms with Crippen molar-refractivity contribution >= 4 is 34.1 Å². The lowest BCUT2D eigenvalue weighted by Gasteiger charge is -2.05. The number of aromatic nitrogens is 2. The molecule has 1 N–H and O–H groups in total. The number of carbonyl (C=O) groups excluding carboxylic acids is 1. The minimum Gasteiger partial charge on any atom is -0.298 e. The van der Waals surface area contributed by atoms with E-state index in [2.05, 4.69) is 46.5 Å². The van der Waals surface area contributed by atoms with Crippen molar-refractivity contribution in [1.29, 1.82) is 0 Å². The fourth-order valence-corrected chi connectivity index (χ4v) is 3.53. The van der Waals surface area contributed by atoms with Crippen LogP contribution >= 0.6 is 23.1 Å². The Morgan fingerprint density at radius 3 is 2.75 bits per heavy atom. The van der Waals surface area contributed by atoms with Crippen molar-refractivity contribution in [3.05, 3.63) is 59.1 Å². The zero-order chi connectivity index (χ0) is 16.9. The van der Waals surface area contributed by atoms with Crippen LogP contribution in [0.4, 0.5) is 5.13 Å². The standard InChI is InChI=1S/C18H17N3OS2/c1-3-12-6-8-13(9-7-12)15-11-24-18(20-15)21-16(22)14-5-4-10-19-17(14)23-2/h4-11H,3H2,1-2H3,(H,20,21,22). The Morgan fingerprint density at radius 2 is 2.04 bits per heavy atom. The van der Waals surface area contributed by atoms with Gasteiger partial charge in [-0.25, -0.2) is 9.97 Å². The molecule has 24 heavy (non-hydrogen) atoms. The van der Waals surface area contributed by atoms with Crippen molar-refractivity contribution in [2.45, 2.75) is 18.4 Å². The predicted molar refractivity (Wildman–Crippen MR) is 101 cm³/mol. The first-order valence-electron chi connectivity index (χ1n) is 7.56. The summed E-state index contributed by atoms with van der Waals surface area (Å²) in [6.07, 6.45) is 4.60. The van der Waals surface area contributed by atoms with Crippen molar-refractivity contribution in [3.63, 3.8) is 0 Å². The second-order valence-electron chi connectivity index (χ2n) is 5.10. The van der Waals surface area contributed by atoms with E-state index < -0.39 is 0 Å². The molecule has 0 radical (unpaired) electrons. The van der Waals surface area contributed by atoms with Gasteiger partial charge in [0.05, 0.1) is 11.3 Å². The highest BCUT2D eigenvalue weighted by molar-refractivity contribution is 7.98. The molecule has 0 aliphatic carbocycles. The van der Waals surface area contributed by atoms with Gasteiger partial charge >= 0.3 is 0 Å². The molecule has 0 saturated heterocycles. The third kappa shape index (κ3) is 3.66. The van der Waals surface area contributed by atoms with Gasteiger partial charge in [-0.1, -0.05) is 31.2 Å². The molecule has 1 aromatic carbocycles. The molecule has 0 unspecified atom stereocenters. The van der Waals surface area contributed by atoms with E-state index in [1.54, 1.807) is 18.3 Å². The van der Waals surface area contributed by atoms with Gasteiger partial charge in [0, 0.05) is 17.1 Å². The maximum atomic E-state index is 12.4. The summed E-state index contributed by atoms with van der Waals surface area (Å²) in [5.74, 6) is -0.185. The van der Waals surface area contributed by atoms with Gasteiger partial charge < -0.3 is 0 Å². The van der Waals surface area contributed by atoms with Gasteiger partial charge in [-0.15, -0.1) is 23.1 Å². The Hall–Kier alpha value is -2.18. The minimum absolute atomic E-state index is 0.185. The van der Waals surface area contributed by atoms with Crippen LogP contribution < -0.4 is 5.32 Å². The maximum Gasteiger partial charge on any atom is 0.260 e. The predicted octanol–water partition coefficient (Wildman–Crippen LogP) is 4.74. The van der Waals surface area contributed by atoms with Crippen LogP contribution in [0.2, 0.25) is 0 Å². The molecule has 0 aliphatic heterocycles. The Kier molecular flexibility index (Phi) is 5.27. The molecule has 0 bridgehead atoms. The molecule has 0 fully saturated rings. The Labute approximate surface area is 149 Å². The van der Waals surface area contributed by atoms with Gasteiger partial charge in [0.2, 0.25) is 0 Å². The van der Waals surface area contributed by atoms with E-state index in [0.717, 1.165) is 17.7 Å². The number of rotatable bonds is 5. The summed E-state index contributed by atoms with van der Waals surface area (Å²) in [6.45, 7) is 2.13. The molecule has 3 rings (SSSR count). The average Bonchev–Trinajstić information content (AvgIpc) is 3.10. The summed E-state index contributed by atoms with van der Waals surface area (Å²) < 4.78 is 0. The van der Waals surface area contributed by atoms with Gasteiger partial charge in [-0.3, -0.25) is 10.1 Å². The van der Waals surface area contributed by atoms with Gasteiger partial charge in [0.1, 0.15) is 5.03 Å². The Balaban J connectivity index is 1.77. The summed E-state index contributed by atoms with van der Waals surface area (Å²) in [5, 5.41) is 6.11. The third-order valence-corrected chi connectivity index (χ3v) is 5.06. The summed E-state index contributed by atoms with van der Waals surface area (Å²) in [7, 11) is 0. The zero-order valence-electron chi connectivity index (χ0n) is 13.4. The van der Waals surface area contributed by atoms with E-state index in [1.165, 1.54) is 28.7 Å². The maximum absolute atomic E-state index is 12.4. The van der Waals surface area contributed by atoms with Crippen molar-refractivity contribution in [2.24, 2.45) is 0 Å². The normalized spacial score (nSPS) is 10.6. The average molecular weight is 355 g/mol. The Bertz CT molecular complexity index is 843. The molecule has 0 aliphatic rings. The quantitative estimate of drug-likeness (QED) is 0.672. The van der Waals surface area contributed by atoms with E-state index in [0.29, 0.717) is 15.7 Å². The molecular weight excluding hydrogens is 338 g/mol. The number of nitrogens with one attached hydrogen (secondary N) is 1. The highest BCUT2D eigenvalue weighted by atomic mass is 32.2. The number of pyridine rings is 1. The fourth-order valence-electron chi connectivity index (χ4n) is 2.27. The first-order chi connectivity index (χ1) is 11.7. The number of thioether (sulfide) groups is 1. The molecule has 0 atom stereocenters. The van der Waals surface area contributed by atoms with Crippen LogP contribution in [0, 0.1) is 0 Å².